The molecule has 148 valence electrons. The molecule has 0 spiro atoms. The Labute approximate surface area is 165 Å². The van der Waals surface area contributed by atoms with Gasteiger partial charge in [-0.05, 0) is 47.4 Å². The number of amides is 2. The van der Waals surface area contributed by atoms with Gasteiger partial charge in [0.25, 0.3) is 0 Å². The molecule has 0 aromatic heterocycles. The van der Waals surface area contributed by atoms with E-state index in [1.807, 2.05) is 24.3 Å². The fourth-order valence-corrected chi connectivity index (χ4v) is 3.20. The van der Waals surface area contributed by atoms with Crippen LogP contribution in [0.15, 0.2) is 48.5 Å². The summed E-state index contributed by atoms with van der Waals surface area (Å²) >= 11 is 0. The van der Waals surface area contributed by atoms with E-state index in [0.29, 0.717) is 31.9 Å². The van der Waals surface area contributed by atoms with Crippen LogP contribution in [0.2, 0.25) is 0 Å². The van der Waals surface area contributed by atoms with Gasteiger partial charge < -0.3 is 15.1 Å². The topological polar surface area (TPSA) is 52.7 Å². The molecular formula is C22H26FN3O2. The molecule has 0 bridgehead atoms. The maximum atomic E-state index is 13.1. The number of carbonyl (C=O) groups is 2. The Hall–Kier alpha value is -2.89. The zero-order chi connectivity index (χ0) is 20.3. The molecule has 1 heterocycles. The first-order valence-electron chi connectivity index (χ1n) is 9.45. The number of benzene rings is 2. The second-order valence-electron chi connectivity index (χ2n) is 8.04. The SMILES string of the molecule is CC(C)(C)c1ccc(NC(=O)C(=O)N2CCN(c3ccc(F)cc3)CC2)cc1. The van der Waals surface area contributed by atoms with E-state index < -0.39 is 11.8 Å². The van der Waals surface area contributed by atoms with Crippen molar-refractivity contribution < 1.29 is 14.0 Å². The van der Waals surface area contributed by atoms with E-state index in [-0.39, 0.29) is 11.2 Å². The number of hydrogen-bond acceptors (Lipinski definition) is 3. The van der Waals surface area contributed by atoms with Crippen LogP contribution in [0.5, 0.6) is 0 Å². The number of rotatable bonds is 2. The zero-order valence-electron chi connectivity index (χ0n) is 16.5. The van der Waals surface area contributed by atoms with Gasteiger partial charge in [-0.15, -0.1) is 0 Å². The van der Waals surface area contributed by atoms with Gasteiger partial charge in [0.05, 0.1) is 0 Å². The Balaban J connectivity index is 1.54. The predicted molar refractivity (Wildman–Crippen MR) is 109 cm³/mol. The zero-order valence-corrected chi connectivity index (χ0v) is 16.5. The summed E-state index contributed by atoms with van der Waals surface area (Å²) in [6.45, 7) is 8.47. The minimum atomic E-state index is -0.626. The minimum Gasteiger partial charge on any atom is -0.368 e. The molecule has 0 atom stereocenters. The quantitative estimate of drug-likeness (QED) is 0.809. The molecule has 3 rings (SSSR count). The van der Waals surface area contributed by atoms with Crippen molar-refractivity contribution in [1.82, 2.24) is 4.90 Å². The number of nitrogens with zero attached hydrogens (tertiary/aromatic N) is 2. The third-order valence-corrected chi connectivity index (χ3v) is 4.96. The van der Waals surface area contributed by atoms with Crippen molar-refractivity contribution in [2.24, 2.45) is 0 Å². The van der Waals surface area contributed by atoms with Crippen LogP contribution >= 0.6 is 0 Å². The van der Waals surface area contributed by atoms with Crippen LogP contribution in [-0.2, 0) is 15.0 Å². The summed E-state index contributed by atoms with van der Waals surface area (Å²) in [7, 11) is 0. The summed E-state index contributed by atoms with van der Waals surface area (Å²) in [6, 6.07) is 13.8. The predicted octanol–water partition coefficient (Wildman–Crippen LogP) is 3.41. The number of hydrogen-bond donors (Lipinski definition) is 1. The lowest BCUT2D eigenvalue weighted by molar-refractivity contribution is -0.143. The molecule has 2 aromatic carbocycles. The van der Waals surface area contributed by atoms with Gasteiger partial charge >= 0.3 is 11.8 Å². The molecule has 1 aliphatic rings. The van der Waals surface area contributed by atoms with Gasteiger partial charge in [0.2, 0.25) is 0 Å². The third kappa shape index (κ3) is 4.68. The lowest BCUT2D eigenvalue weighted by atomic mass is 9.87. The summed E-state index contributed by atoms with van der Waals surface area (Å²) in [5, 5.41) is 2.68. The Kier molecular flexibility index (Phi) is 5.68. The van der Waals surface area contributed by atoms with Gasteiger partial charge in [0, 0.05) is 37.6 Å². The number of nitrogens with one attached hydrogen (secondary N) is 1. The highest BCUT2D eigenvalue weighted by molar-refractivity contribution is 6.39. The van der Waals surface area contributed by atoms with Crippen LogP contribution in [-0.4, -0.2) is 42.9 Å². The van der Waals surface area contributed by atoms with Crippen molar-refractivity contribution in [1.29, 1.82) is 0 Å². The molecule has 28 heavy (non-hydrogen) atoms. The van der Waals surface area contributed by atoms with Gasteiger partial charge in [-0.1, -0.05) is 32.9 Å². The van der Waals surface area contributed by atoms with Gasteiger partial charge in [-0.3, -0.25) is 9.59 Å². The molecule has 1 fully saturated rings. The van der Waals surface area contributed by atoms with Crippen molar-refractivity contribution in [3.05, 3.63) is 59.9 Å². The smallest absolute Gasteiger partial charge is 0.313 e. The molecule has 1 N–H and O–H groups in total. The number of piperazine rings is 1. The van der Waals surface area contributed by atoms with Crippen LogP contribution in [0.1, 0.15) is 26.3 Å². The highest BCUT2D eigenvalue weighted by atomic mass is 19.1. The highest BCUT2D eigenvalue weighted by Crippen LogP contribution is 2.23. The number of halogens is 1. The summed E-state index contributed by atoms with van der Waals surface area (Å²) in [4.78, 5) is 28.4. The fourth-order valence-electron chi connectivity index (χ4n) is 3.20. The van der Waals surface area contributed by atoms with E-state index >= 15 is 0 Å². The van der Waals surface area contributed by atoms with E-state index in [0.717, 1.165) is 11.3 Å². The minimum absolute atomic E-state index is 0.0303. The first-order valence-corrected chi connectivity index (χ1v) is 9.45. The molecule has 6 heteroatoms. The summed E-state index contributed by atoms with van der Waals surface area (Å²) in [5.41, 5.74) is 2.71. The number of anilines is 2. The van der Waals surface area contributed by atoms with Crippen molar-refractivity contribution >= 4 is 23.2 Å². The van der Waals surface area contributed by atoms with E-state index in [4.69, 9.17) is 0 Å². The maximum absolute atomic E-state index is 13.1. The summed E-state index contributed by atoms with van der Waals surface area (Å²) in [6.07, 6.45) is 0. The van der Waals surface area contributed by atoms with Crippen LogP contribution in [0.4, 0.5) is 15.8 Å². The molecule has 1 saturated heterocycles. The Morgan fingerprint density at radius 2 is 1.46 bits per heavy atom. The van der Waals surface area contributed by atoms with Crippen molar-refractivity contribution in [2.75, 3.05) is 36.4 Å². The molecule has 5 nitrogen and oxygen atoms in total. The lowest BCUT2D eigenvalue weighted by Gasteiger charge is -2.35. The third-order valence-electron chi connectivity index (χ3n) is 4.96. The first kappa shape index (κ1) is 19.9. The molecule has 0 saturated carbocycles. The van der Waals surface area contributed by atoms with Crippen molar-refractivity contribution in [3.8, 4) is 0 Å². The number of carbonyl (C=O) groups excluding carboxylic acids is 2. The largest absolute Gasteiger partial charge is 0.368 e. The van der Waals surface area contributed by atoms with E-state index in [1.54, 1.807) is 17.0 Å². The Morgan fingerprint density at radius 3 is 2.00 bits per heavy atom. The monoisotopic (exact) mass is 383 g/mol. The fraction of sp³-hybridized carbons (Fsp3) is 0.364. The lowest BCUT2D eigenvalue weighted by Crippen LogP contribution is -2.51. The standard InChI is InChI=1S/C22H26FN3O2/c1-22(2,3)16-4-8-18(9-5-16)24-20(27)21(28)26-14-12-25(13-15-26)19-10-6-17(23)7-11-19/h4-11H,12-15H2,1-3H3,(H,24,27). The van der Waals surface area contributed by atoms with Crippen molar-refractivity contribution in [3.63, 3.8) is 0 Å². The van der Waals surface area contributed by atoms with Gasteiger partial charge in [0.15, 0.2) is 0 Å². The Bertz CT molecular complexity index is 834. The molecule has 0 aliphatic carbocycles. The molecule has 2 amide bonds. The van der Waals surface area contributed by atoms with Crippen molar-refractivity contribution in [2.45, 2.75) is 26.2 Å². The van der Waals surface area contributed by atoms with Crippen LogP contribution in [0.3, 0.4) is 0 Å². The second-order valence-corrected chi connectivity index (χ2v) is 8.04. The average molecular weight is 383 g/mol. The van der Waals surface area contributed by atoms with Gasteiger partial charge in [0.1, 0.15) is 5.82 Å². The molecule has 2 aromatic rings. The van der Waals surface area contributed by atoms with Crippen LogP contribution in [0, 0.1) is 5.82 Å². The second kappa shape index (κ2) is 8.00. The normalized spacial score (nSPS) is 14.7. The highest BCUT2D eigenvalue weighted by Gasteiger charge is 2.26. The van der Waals surface area contributed by atoms with Crippen LogP contribution < -0.4 is 10.2 Å². The first-order chi connectivity index (χ1) is 13.2. The average Bonchev–Trinajstić information content (AvgIpc) is 2.68. The molecule has 0 radical (unpaired) electrons. The molecule has 1 aliphatic heterocycles. The molecular weight excluding hydrogens is 357 g/mol. The van der Waals surface area contributed by atoms with E-state index in [1.165, 1.54) is 12.1 Å². The van der Waals surface area contributed by atoms with E-state index in [2.05, 4.69) is 31.0 Å². The van der Waals surface area contributed by atoms with E-state index in [9.17, 15) is 14.0 Å². The maximum Gasteiger partial charge on any atom is 0.313 e. The molecule has 0 unspecified atom stereocenters. The summed E-state index contributed by atoms with van der Waals surface area (Å²) in [5.74, 6) is -1.43. The Morgan fingerprint density at radius 1 is 0.893 bits per heavy atom. The van der Waals surface area contributed by atoms with Gasteiger partial charge in [-0.2, -0.15) is 0 Å². The summed E-state index contributed by atoms with van der Waals surface area (Å²) < 4.78 is 13.1. The van der Waals surface area contributed by atoms with Crippen LogP contribution in [0.25, 0.3) is 0 Å². The van der Waals surface area contributed by atoms with Gasteiger partial charge in [-0.25, -0.2) is 4.39 Å².